The van der Waals surface area contributed by atoms with E-state index in [0.717, 1.165) is 0 Å². The number of nitrogens with zero attached hydrogens (tertiary/aromatic N) is 1. The van der Waals surface area contributed by atoms with Crippen molar-refractivity contribution in [1.82, 2.24) is 0 Å². The first-order valence-corrected chi connectivity index (χ1v) is 5.26. The van der Waals surface area contributed by atoms with Gasteiger partial charge in [-0.05, 0) is 32.5 Å². The summed E-state index contributed by atoms with van der Waals surface area (Å²) < 4.78 is 7.83. The number of carbonyl (C=O) groups is 2. The van der Waals surface area contributed by atoms with E-state index in [1.807, 2.05) is 0 Å². The Morgan fingerprint density at radius 3 is 1.93 bits per heavy atom. The van der Waals surface area contributed by atoms with Crippen molar-refractivity contribution in [2.45, 2.75) is 25.5 Å². The van der Waals surface area contributed by atoms with E-state index in [-0.39, 0.29) is 13.2 Å². The minimum atomic E-state index is -1.60. The number of hydrogen-bond donors (Lipinski definition) is 0. The second-order valence-electron chi connectivity index (χ2n) is 2.67. The Balaban J connectivity index is 4.80. The fourth-order valence-electron chi connectivity index (χ4n) is 0.796. The molecule has 0 unspecified atom stereocenters. The van der Waals surface area contributed by atoms with Crippen LogP contribution in [0.25, 0.3) is 0 Å². The van der Waals surface area contributed by atoms with Crippen LogP contribution in [0.15, 0.2) is 0 Å². The summed E-state index contributed by atoms with van der Waals surface area (Å²) in [5.74, 6) is -1.51. The Labute approximate surface area is 92.7 Å². The average molecular weight is 231 g/mol. The molecule has 5 nitrogen and oxygen atoms in total. The van der Waals surface area contributed by atoms with Gasteiger partial charge in [0.1, 0.15) is 5.40 Å². The van der Waals surface area contributed by atoms with Crippen molar-refractivity contribution < 1.29 is 19.1 Å². The van der Waals surface area contributed by atoms with E-state index in [1.165, 1.54) is 6.92 Å². The van der Waals surface area contributed by atoms with Gasteiger partial charge < -0.3 is 9.47 Å². The second-order valence-corrected chi connectivity index (χ2v) is 3.87. The van der Waals surface area contributed by atoms with Crippen molar-refractivity contribution in [3.05, 3.63) is 0 Å². The lowest BCUT2D eigenvalue weighted by Gasteiger charge is -2.20. The standard InChI is InChI=1S/C9H13NO4S/c1-4-13-7(11)9(3,15-6-10)8(12)14-5-2/h4-5H2,1-3H3. The summed E-state index contributed by atoms with van der Waals surface area (Å²) in [6.07, 6.45) is 0. The maximum atomic E-state index is 11.5. The molecular formula is C9H13NO4S. The van der Waals surface area contributed by atoms with Crippen molar-refractivity contribution in [2.75, 3.05) is 13.2 Å². The lowest BCUT2D eigenvalue weighted by Crippen LogP contribution is -2.42. The fourth-order valence-corrected chi connectivity index (χ4v) is 1.26. The largest absolute Gasteiger partial charge is 0.464 e. The monoisotopic (exact) mass is 231 g/mol. The van der Waals surface area contributed by atoms with Crippen LogP contribution in [0.5, 0.6) is 0 Å². The van der Waals surface area contributed by atoms with E-state index < -0.39 is 16.7 Å². The zero-order valence-corrected chi connectivity index (χ0v) is 9.72. The van der Waals surface area contributed by atoms with E-state index in [1.54, 1.807) is 19.2 Å². The molecule has 6 heteroatoms. The van der Waals surface area contributed by atoms with Crippen LogP contribution in [0.4, 0.5) is 0 Å². The van der Waals surface area contributed by atoms with Crippen molar-refractivity contribution in [3.63, 3.8) is 0 Å². The summed E-state index contributed by atoms with van der Waals surface area (Å²) in [5, 5.41) is 10.2. The topological polar surface area (TPSA) is 76.4 Å². The number of ether oxygens (including phenoxy) is 2. The average Bonchev–Trinajstić information content (AvgIpc) is 2.18. The Morgan fingerprint density at radius 1 is 1.27 bits per heavy atom. The third kappa shape index (κ3) is 3.44. The summed E-state index contributed by atoms with van der Waals surface area (Å²) in [6.45, 7) is 4.87. The maximum absolute atomic E-state index is 11.5. The van der Waals surface area contributed by atoms with Gasteiger partial charge in [0, 0.05) is 0 Å². The first-order chi connectivity index (χ1) is 7.02. The highest BCUT2D eigenvalue weighted by atomic mass is 32.2. The third-order valence-electron chi connectivity index (χ3n) is 1.58. The molecule has 0 atom stereocenters. The maximum Gasteiger partial charge on any atom is 0.334 e. The first kappa shape index (κ1) is 13.8. The molecule has 0 aromatic heterocycles. The van der Waals surface area contributed by atoms with Gasteiger partial charge in [-0.3, -0.25) is 0 Å². The molecule has 0 bridgehead atoms. The highest BCUT2D eigenvalue weighted by molar-refractivity contribution is 8.06. The van der Waals surface area contributed by atoms with Gasteiger partial charge in [-0.15, -0.1) is 0 Å². The summed E-state index contributed by atoms with van der Waals surface area (Å²) in [4.78, 5) is 23.0. The lowest BCUT2D eigenvalue weighted by molar-refractivity contribution is -0.157. The lowest BCUT2D eigenvalue weighted by atomic mass is 10.2. The SMILES string of the molecule is CCOC(=O)C(C)(SC#N)C(=O)OCC. The first-order valence-electron chi connectivity index (χ1n) is 4.44. The molecule has 0 amide bonds. The molecule has 15 heavy (non-hydrogen) atoms. The zero-order valence-electron chi connectivity index (χ0n) is 8.90. The molecule has 0 spiro atoms. The highest BCUT2D eigenvalue weighted by Crippen LogP contribution is 2.27. The van der Waals surface area contributed by atoms with E-state index in [4.69, 9.17) is 14.7 Å². The van der Waals surface area contributed by atoms with Crippen LogP contribution >= 0.6 is 11.8 Å². The van der Waals surface area contributed by atoms with Crippen LogP contribution in [-0.2, 0) is 19.1 Å². The number of rotatable bonds is 5. The number of thioether (sulfide) groups is 1. The fraction of sp³-hybridized carbons (Fsp3) is 0.667. The minimum absolute atomic E-state index is 0.153. The third-order valence-corrected chi connectivity index (χ3v) is 2.41. The summed E-state index contributed by atoms with van der Waals surface area (Å²) in [5.41, 5.74) is 0. The van der Waals surface area contributed by atoms with Gasteiger partial charge >= 0.3 is 11.9 Å². The molecule has 0 aromatic carbocycles. The van der Waals surface area contributed by atoms with Gasteiger partial charge in [0.25, 0.3) is 0 Å². The van der Waals surface area contributed by atoms with Crippen LogP contribution in [0.1, 0.15) is 20.8 Å². The van der Waals surface area contributed by atoms with Gasteiger partial charge in [-0.25, -0.2) is 9.59 Å². The summed E-state index contributed by atoms with van der Waals surface area (Å²) in [7, 11) is 0. The second kappa shape index (κ2) is 6.30. The van der Waals surface area contributed by atoms with Crippen LogP contribution in [0.2, 0.25) is 0 Å². The minimum Gasteiger partial charge on any atom is -0.464 e. The zero-order chi connectivity index (χ0) is 11.9. The normalized spacial score (nSPS) is 10.3. The number of thiocyanates is 1. The molecule has 0 radical (unpaired) electrons. The van der Waals surface area contributed by atoms with Gasteiger partial charge in [-0.2, -0.15) is 5.26 Å². The van der Waals surface area contributed by atoms with Crippen molar-refractivity contribution in [2.24, 2.45) is 0 Å². The number of hydrogen-bond acceptors (Lipinski definition) is 6. The van der Waals surface area contributed by atoms with Crippen molar-refractivity contribution in [3.8, 4) is 5.40 Å². The Morgan fingerprint density at radius 2 is 1.67 bits per heavy atom. The molecule has 0 heterocycles. The van der Waals surface area contributed by atoms with Crippen LogP contribution < -0.4 is 0 Å². The van der Waals surface area contributed by atoms with Crippen LogP contribution in [0.3, 0.4) is 0 Å². The van der Waals surface area contributed by atoms with Gasteiger partial charge in [0.2, 0.25) is 4.75 Å². The van der Waals surface area contributed by atoms with Crippen LogP contribution in [-0.4, -0.2) is 29.9 Å². The van der Waals surface area contributed by atoms with E-state index in [9.17, 15) is 9.59 Å². The Bertz CT molecular complexity index is 266. The molecule has 0 N–H and O–H groups in total. The van der Waals surface area contributed by atoms with Gasteiger partial charge in [0.05, 0.1) is 13.2 Å². The number of esters is 2. The van der Waals surface area contributed by atoms with E-state index in [0.29, 0.717) is 11.8 Å². The van der Waals surface area contributed by atoms with E-state index in [2.05, 4.69) is 0 Å². The number of carbonyl (C=O) groups excluding carboxylic acids is 2. The Hall–Kier alpha value is -1.22. The Kier molecular flexibility index (Phi) is 5.79. The predicted octanol–water partition coefficient (Wildman–Crippen LogP) is 1.09. The quantitative estimate of drug-likeness (QED) is 0.400. The molecule has 0 saturated heterocycles. The van der Waals surface area contributed by atoms with Gasteiger partial charge in [-0.1, -0.05) is 0 Å². The molecule has 0 aliphatic carbocycles. The molecule has 0 fully saturated rings. The molecule has 0 aliphatic rings. The summed E-state index contributed by atoms with van der Waals surface area (Å²) in [6, 6.07) is 0. The van der Waals surface area contributed by atoms with Gasteiger partial charge in [0.15, 0.2) is 0 Å². The van der Waals surface area contributed by atoms with Crippen LogP contribution in [0, 0.1) is 10.7 Å². The van der Waals surface area contributed by atoms with E-state index >= 15 is 0 Å². The molecule has 0 saturated carbocycles. The molecule has 84 valence electrons. The number of nitriles is 1. The summed E-state index contributed by atoms with van der Waals surface area (Å²) >= 11 is 0.531. The van der Waals surface area contributed by atoms with Crippen molar-refractivity contribution in [1.29, 1.82) is 5.26 Å². The molecular weight excluding hydrogens is 218 g/mol. The smallest absolute Gasteiger partial charge is 0.334 e. The highest BCUT2D eigenvalue weighted by Gasteiger charge is 2.45. The molecule has 0 aliphatic heterocycles. The molecule has 0 aromatic rings. The predicted molar refractivity (Wildman–Crippen MR) is 54.9 cm³/mol. The van der Waals surface area contributed by atoms with Crippen molar-refractivity contribution >= 4 is 23.7 Å². The molecule has 0 rings (SSSR count).